The van der Waals surface area contributed by atoms with Crippen LogP contribution < -0.4 is 5.32 Å². The van der Waals surface area contributed by atoms with Crippen molar-refractivity contribution < 1.29 is 9.59 Å². The minimum absolute atomic E-state index is 0.0425. The Morgan fingerprint density at radius 1 is 1.27 bits per heavy atom. The minimum Gasteiger partial charge on any atom is -0.352 e. The van der Waals surface area contributed by atoms with Gasteiger partial charge in [0.15, 0.2) is 0 Å². The highest BCUT2D eigenvalue weighted by Crippen LogP contribution is 2.50. The minimum atomic E-state index is -0.797. The number of amides is 2. The molecule has 1 N–H and O–H groups in total. The topological polar surface area (TPSA) is 49.4 Å². The van der Waals surface area contributed by atoms with Crippen molar-refractivity contribution >= 4 is 35.0 Å². The van der Waals surface area contributed by atoms with Crippen LogP contribution in [0.2, 0.25) is 10.0 Å². The number of benzene rings is 1. The molecule has 1 aliphatic heterocycles. The summed E-state index contributed by atoms with van der Waals surface area (Å²) in [7, 11) is 0. The molecule has 1 aliphatic carbocycles. The summed E-state index contributed by atoms with van der Waals surface area (Å²) in [4.78, 5) is 26.4. The maximum atomic E-state index is 12.8. The zero-order chi connectivity index (χ0) is 16.1. The van der Waals surface area contributed by atoms with Gasteiger partial charge in [-0.05, 0) is 49.9 Å². The second-order valence-corrected chi connectivity index (χ2v) is 7.33. The summed E-state index contributed by atoms with van der Waals surface area (Å²) in [6, 6.07) is 5.41. The van der Waals surface area contributed by atoms with Gasteiger partial charge in [-0.2, -0.15) is 0 Å². The van der Waals surface area contributed by atoms with Crippen molar-refractivity contribution in [1.29, 1.82) is 0 Å². The van der Waals surface area contributed by atoms with E-state index in [0.29, 0.717) is 23.1 Å². The van der Waals surface area contributed by atoms with E-state index in [9.17, 15) is 9.59 Å². The molecule has 22 heavy (non-hydrogen) atoms. The van der Waals surface area contributed by atoms with E-state index in [1.54, 1.807) is 24.8 Å². The van der Waals surface area contributed by atoms with Gasteiger partial charge in [0.1, 0.15) is 5.54 Å². The first-order valence-corrected chi connectivity index (χ1v) is 8.12. The number of rotatable bonds is 2. The molecule has 0 radical (unpaired) electrons. The quantitative estimate of drug-likeness (QED) is 0.899. The van der Waals surface area contributed by atoms with E-state index in [1.165, 1.54) is 0 Å². The van der Waals surface area contributed by atoms with Gasteiger partial charge in [0, 0.05) is 29.1 Å². The summed E-state index contributed by atoms with van der Waals surface area (Å²) in [5.74, 6) is 0.000226. The van der Waals surface area contributed by atoms with Crippen LogP contribution in [0.15, 0.2) is 18.2 Å². The van der Waals surface area contributed by atoms with Crippen molar-refractivity contribution in [2.24, 2.45) is 5.92 Å². The second kappa shape index (κ2) is 5.43. The van der Waals surface area contributed by atoms with Crippen LogP contribution in [0.1, 0.15) is 31.7 Å². The van der Waals surface area contributed by atoms with E-state index in [2.05, 4.69) is 5.32 Å². The van der Waals surface area contributed by atoms with E-state index in [1.807, 2.05) is 12.1 Å². The number of nitrogens with zero attached hydrogens (tertiary/aromatic N) is 1. The van der Waals surface area contributed by atoms with Crippen LogP contribution in [0.4, 0.5) is 0 Å². The van der Waals surface area contributed by atoms with E-state index in [4.69, 9.17) is 23.2 Å². The lowest BCUT2D eigenvalue weighted by molar-refractivity contribution is -0.150. The molecular formula is C16H18Cl2N2O2. The summed E-state index contributed by atoms with van der Waals surface area (Å²) in [5, 5.41) is 3.97. The predicted molar refractivity (Wildman–Crippen MR) is 86.1 cm³/mol. The zero-order valence-electron chi connectivity index (χ0n) is 12.5. The van der Waals surface area contributed by atoms with Crippen molar-refractivity contribution in [2.75, 3.05) is 13.1 Å². The smallest absolute Gasteiger partial charge is 0.245 e. The van der Waals surface area contributed by atoms with Crippen LogP contribution in [-0.4, -0.2) is 35.3 Å². The van der Waals surface area contributed by atoms with E-state index >= 15 is 0 Å². The zero-order valence-corrected chi connectivity index (χ0v) is 14.0. The largest absolute Gasteiger partial charge is 0.352 e. The molecule has 3 rings (SSSR count). The van der Waals surface area contributed by atoms with Crippen LogP contribution in [0.5, 0.6) is 0 Å². The lowest BCUT2D eigenvalue weighted by atomic mass is 9.97. The molecule has 1 saturated heterocycles. The van der Waals surface area contributed by atoms with Crippen molar-refractivity contribution in [2.45, 2.75) is 31.7 Å². The molecular weight excluding hydrogens is 323 g/mol. The lowest BCUT2D eigenvalue weighted by Crippen LogP contribution is -2.63. The molecule has 118 valence electrons. The first-order chi connectivity index (χ1) is 10.3. The van der Waals surface area contributed by atoms with Crippen LogP contribution in [0.3, 0.4) is 0 Å². The number of hydrogen-bond acceptors (Lipinski definition) is 2. The molecule has 6 heteroatoms. The molecule has 2 atom stereocenters. The molecule has 0 bridgehead atoms. The molecule has 1 heterocycles. The highest BCUT2D eigenvalue weighted by Gasteiger charge is 2.50. The van der Waals surface area contributed by atoms with Gasteiger partial charge in [-0.3, -0.25) is 9.59 Å². The third-order valence-corrected chi connectivity index (χ3v) is 4.97. The SMILES string of the molecule is CC1(C)C(=O)NCCN1C(=O)C1CC1c1cc(Cl)cc(Cl)c1. The summed E-state index contributed by atoms with van der Waals surface area (Å²) < 4.78 is 0. The molecule has 4 nitrogen and oxygen atoms in total. The van der Waals surface area contributed by atoms with E-state index in [-0.39, 0.29) is 23.7 Å². The molecule has 2 fully saturated rings. The fourth-order valence-electron chi connectivity index (χ4n) is 3.11. The van der Waals surface area contributed by atoms with Crippen molar-refractivity contribution in [3.63, 3.8) is 0 Å². The number of carbonyl (C=O) groups excluding carboxylic acids is 2. The van der Waals surface area contributed by atoms with Gasteiger partial charge < -0.3 is 10.2 Å². The molecule has 2 amide bonds. The Morgan fingerprint density at radius 2 is 1.91 bits per heavy atom. The second-order valence-electron chi connectivity index (χ2n) is 6.46. The summed E-state index contributed by atoms with van der Waals surface area (Å²) >= 11 is 12.1. The molecule has 0 spiro atoms. The molecule has 1 saturated carbocycles. The highest BCUT2D eigenvalue weighted by molar-refractivity contribution is 6.34. The Hall–Kier alpha value is -1.26. The number of hydrogen-bond donors (Lipinski definition) is 1. The molecule has 1 aromatic rings. The van der Waals surface area contributed by atoms with Crippen molar-refractivity contribution in [3.8, 4) is 0 Å². The summed E-state index contributed by atoms with van der Waals surface area (Å²) in [6.45, 7) is 4.63. The van der Waals surface area contributed by atoms with Gasteiger partial charge >= 0.3 is 0 Å². The fourth-order valence-corrected chi connectivity index (χ4v) is 3.65. The van der Waals surface area contributed by atoms with Crippen molar-refractivity contribution in [3.05, 3.63) is 33.8 Å². The first kappa shape index (κ1) is 15.6. The van der Waals surface area contributed by atoms with Gasteiger partial charge in [-0.1, -0.05) is 23.2 Å². The van der Waals surface area contributed by atoms with E-state index < -0.39 is 5.54 Å². The maximum Gasteiger partial charge on any atom is 0.245 e. The predicted octanol–water partition coefficient (Wildman–Crippen LogP) is 2.83. The molecule has 0 aromatic heterocycles. The Balaban J connectivity index is 1.76. The number of piperazine rings is 1. The first-order valence-electron chi connectivity index (χ1n) is 7.36. The maximum absolute atomic E-state index is 12.8. The van der Waals surface area contributed by atoms with Gasteiger partial charge in [0.25, 0.3) is 0 Å². The highest BCUT2D eigenvalue weighted by atomic mass is 35.5. The van der Waals surface area contributed by atoms with Crippen LogP contribution >= 0.6 is 23.2 Å². The van der Waals surface area contributed by atoms with Gasteiger partial charge in [0.2, 0.25) is 11.8 Å². The average molecular weight is 341 g/mol. The molecule has 1 aromatic carbocycles. The number of halogens is 2. The Kier molecular flexibility index (Phi) is 3.86. The van der Waals surface area contributed by atoms with E-state index in [0.717, 1.165) is 12.0 Å². The number of carbonyl (C=O) groups is 2. The normalized spacial score (nSPS) is 26.5. The van der Waals surface area contributed by atoms with Crippen LogP contribution in [-0.2, 0) is 9.59 Å². The van der Waals surface area contributed by atoms with Crippen LogP contribution in [0, 0.1) is 5.92 Å². The third kappa shape index (κ3) is 2.70. The number of nitrogens with one attached hydrogen (secondary N) is 1. The standard InChI is InChI=1S/C16H18Cl2N2O2/c1-16(2)15(22)19-3-4-20(16)14(21)13-8-12(13)9-5-10(17)7-11(18)6-9/h5-7,12-13H,3-4,8H2,1-2H3,(H,19,22). The Morgan fingerprint density at radius 3 is 2.55 bits per heavy atom. The molecule has 2 unspecified atom stereocenters. The van der Waals surface area contributed by atoms with Gasteiger partial charge in [-0.25, -0.2) is 0 Å². The van der Waals surface area contributed by atoms with Crippen molar-refractivity contribution in [1.82, 2.24) is 10.2 Å². The monoisotopic (exact) mass is 340 g/mol. The summed E-state index contributed by atoms with van der Waals surface area (Å²) in [5.41, 5.74) is 0.198. The van der Waals surface area contributed by atoms with Gasteiger partial charge in [0.05, 0.1) is 0 Å². The lowest BCUT2D eigenvalue weighted by Gasteiger charge is -2.41. The van der Waals surface area contributed by atoms with Crippen LogP contribution in [0.25, 0.3) is 0 Å². The fraction of sp³-hybridized carbons (Fsp3) is 0.500. The molecule has 2 aliphatic rings. The van der Waals surface area contributed by atoms with Gasteiger partial charge in [-0.15, -0.1) is 0 Å². The summed E-state index contributed by atoms with van der Waals surface area (Å²) in [6.07, 6.45) is 0.781. The Labute approximate surface area is 139 Å². The Bertz CT molecular complexity index is 625. The third-order valence-electron chi connectivity index (χ3n) is 4.54. The average Bonchev–Trinajstić information content (AvgIpc) is 3.20.